The van der Waals surface area contributed by atoms with Gasteiger partial charge in [0.2, 0.25) is 0 Å². The molecule has 0 atom stereocenters. The number of ether oxygens (including phenoxy) is 1. The minimum Gasteiger partial charge on any atom is -0.381 e. The molecule has 3 rings (SSSR count). The first-order chi connectivity index (χ1) is 9.70. The molecule has 2 N–H and O–H groups in total. The van der Waals surface area contributed by atoms with E-state index in [0.29, 0.717) is 18.3 Å². The molecule has 0 unspecified atom stereocenters. The third kappa shape index (κ3) is 3.08. The van der Waals surface area contributed by atoms with Crippen LogP contribution in [0.3, 0.4) is 0 Å². The Morgan fingerprint density at radius 2 is 2.20 bits per heavy atom. The van der Waals surface area contributed by atoms with Gasteiger partial charge in [-0.25, -0.2) is 9.78 Å². The molecule has 1 fully saturated rings. The van der Waals surface area contributed by atoms with Gasteiger partial charge in [-0.15, -0.1) is 0 Å². The third-order valence-corrected chi connectivity index (χ3v) is 4.25. The van der Waals surface area contributed by atoms with E-state index in [0.717, 1.165) is 23.1 Å². The number of fused-ring (bicyclic) bond motifs is 1. The number of hydrogen-bond donors (Lipinski definition) is 2. The molecule has 6 heteroatoms. The van der Waals surface area contributed by atoms with E-state index in [4.69, 9.17) is 4.74 Å². The van der Waals surface area contributed by atoms with E-state index in [1.807, 2.05) is 19.1 Å². The van der Waals surface area contributed by atoms with E-state index in [1.165, 1.54) is 16.9 Å². The van der Waals surface area contributed by atoms with Crippen LogP contribution in [-0.4, -0.2) is 30.3 Å². The number of nitrogens with zero attached hydrogens (tertiary/aromatic N) is 1. The third-order valence-electron chi connectivity index (χ3n) is 3.32. The fraction of sp³-hybridized carbons (Fsp3) is 0.429. The van der Waals surface area contributed by atoms with Crippen LogP contribution in [0, 0.1) is 6.92 Å². The largest absolute Gasteiger partial charge is 0.381 e. The van der Waals surface area contributed by atoms with Crippen LogP contribution in [0.15, 0.2) is 18.2 Å². The van der Waals surface area contributed by atoms with Crippen molar-refractivity contribution >= 4 is 32.7 Å². The molecule has 0 bridgehead atoms. The Kier molecular flexibility index (Phi) is 3.84. The summed E-state index contributed by atoms with van der Waals surface area (Å²) < 4.78 is 6.36. The van der Waals surface area contributed by atoms with Gasteiger partial charge in [-0.1, -0.05) is 17.4 Å². The van der Waals surface area contributed by atoms with Crippen molar-refractivity contribution in [2.45, 2.75) is 25.8 Å². The smallest absolute Gasteiger partial charge is 0.321 e. The molecule has 0 spiro atoms. The molecule has 1 aromatic heterocycles. The van der Waals surface area contributed by atoms with Crippen LogP contribution in [0.2, 0.25) is 0 Å². The van der Waals surface area contributed by atoms with Gasteiger partial charge < -0.3 is 10.1 Å². The molecular weight excluding hydrogens is 274 g/mol. The predicted octanol–water partition coefficient (Wildman–Crippen LogP) is 2.91. The van der Waals surface area contributed by atoms with E-state index in [9.17, 15) is 4.79 Å². The topological polar surface area (TPSA) is 63.2 Å². The lowest BCUT2D eigenvalue weighted by Gasteiger charge is -2.22. The van der Waals surface area contributed by atoms with Gasteiger partial charge in [0.15, 0.2) is 5.13 Å². The van der Waals surface area contributed by atoms with Crippen molar-refractivity contribution < 1.29 is 9.53 Å². The number of benzene rings is 1. The molecule has 2 aromatic rings. The minimum atomic E-state index is -0.187. The summed E-state index contributed by atoms with van der Waals surface area (Å²) in [5, 5.41) is 6.41. The molecule has 5 nitrogen and oxygen atoms in total. The number of carbonyl (C=O) groups is 1. The Labute approximate surface area is 121 Å². The highest BCUT2D eigenvalue weighted by molar-refractivity contribution is 7.22. The maximum atomic E-state index is 11.9. The van der Waals surface area contributed by atoms with Gasteiger partial charge in [-0.3, -0.25) is 5.32 Å². The first kappa shape index (κ1) is 13.3. The number of thiazole rings is 1. The molecule has 1 aliphatic heterocycles. The number of aryl methyl sites for hydroxylation is 1. The molecule has 1 saturated heterocycles. The number of rotatable bonds is 2. The van der Waals surface area contributed by atoms with Crippen molar-refractivity contribution in [2.75, 3.05) is 18.5 Å². The Morgan fingerprint density at radius 3 is 3.00 bits per heavy atom. The monoisotopic (exact) mass is 291 g/mol. The van der Waals surface area contributed by atoms with Gasteiger partial charge in [-0.05, 0) is 37.5 Å². The average molecular weight is 291 g/mol. The molecule has 0 saturated carbocycles. The summed E-state index contributed by atoms with van der Waals surface area (Å²) in [6.07, 6.45) is 1.74. The van der Waals surface area contributed by atoms with Crippen molar-refractivity contribution in [1.82, 2.24) is 10.3 Å². The van der Waals surface area contributed by atoms with Gasteiger partial charge in [0.25, 0.3) is 0 Å². The predicted molar refractivity (Wildman–Crippen MR) is 80.4 cm³/mol. The van der Waals surface area contributed by atoms with Crippen molar-refractivity contribution in [2.24, 2.45) is 0 Å². The van der Waals surface area contributed by atoms with Crippen LogP contribution in [0.5, 0.6) is 0 Å². The van der Waals surface area contributed by atoms with Gasteiger partial charge in [0, 0.05) is 19.3 Å². The van der Waals surface area contributed by atoms with Crippen LogP contribution in [-0.2, 0) is 4.74 Å². The van der Waals surface area contributed by atoms with Crippen molar-refractivity contribution in [3.63, 3.8) is 0 Å². The molecule has 2 heterocycles. The summed E-state index contributed by atoms with van der Waals surface area (Å²) in [5.74, 6) is 0. The fourth-order valence-electron chi connectivity index (χ4n) is 2.25. The summed E-state index contributed by atoms with van der Waals surface area (Å²) >= 11 is 1.49. The zero-order valence-corrected chi connectivity index (χ0v) is 12.1. The minimum absolute atomic E-state index is 0.187. The van der Waals surface area contributed by atoms with E-state index < -0.39 is 0 Å². The van der Waals surface area contributed by atoms with Gasteiger partial charge in [0.05, 0.1) is 10.2 Å². The zero-order chi connectivity index (χ0) is 13.9. The van der Waals surface area contributed by atoms with Crippen LogP contribution in [0.4, 0.5) is 9.93 Å². The number of nitrogens with one attached hydrogen (secondary N) is 2. The van der Waals surface area contributed by atoms with Crippen LogP contribution < -0.4 is 10.6 Å². The quantitative estimate of drug-likeness (QED) is 0.894. The molecule has 1 aliphatic rings. The summed E-state index contributed by atoms with van der Waals surface area (Å²) in [7, 11) is 0. The normalized spacial score (nSPS) is 16.2. The highest BCUT2D eigenvalue weighted by Gasteiger charge is 2.16. The lowest BCUT2D eigenvalue weighted by molar-refractivity contribution is 0.0806. The van der Waals surface area contributed by atoms with E-state index >= 15 is 0 Å². The summed E-state index contributed by atoms with van der Waals surface area (Å²) in [6.45, 7) is 3.47. The molecule has 1 aromatic carbocycles. The Bertz CT molecular complexity index is 620. The second-order valence-corrected chi connectivity index (χ2v) is 6.01. The summed E-state index contributed by atoms with van der Waals surface area (Å²) in [4.78, 5) is 16.3. The van der Waals surface area contributed by atoms with Crippen LogP contribution in [0.25, 0.3) is 10.2 Å². The Balaban J connectivity index is 1.64. The highest BCUT2D eigenvalue weighted by atomic mass is 32.1. The Morgan fingerprint density at radius 1 is 1.40 bits per heavy atom. The summed E-state index contributed by atoms with van der Waals surface area (Å²) in [5.41, 5.74) is 2.11. The molecule has 0 aliphatic carbocycles. The zero-order valence-electron chi connectivity index (χ0n) is 11.3. The highest BCUT2D eigenvalue weighted by Crippen LogP contribution is 2.26. The lowest BCUT2D eigenvalue weighted by Crippen LogP contribution is -2.41. The maximum absolute atomic E-state index is 11.9. The van der Waals surface area contributed by atoms with E-state index in [-0.39, 0.29) is 12.1 Å². The second-order valence-electron chi connectivity index (χ2n) is 4.98. The second kappa shape index (κ2) is 5.76. The first-order valence-electron chi connectivity index (χ1n) is 6.73. The van der Waals surface area contributed by atoms with Crippen molar-refractivity contribution in [3.05, 3.63) is 23.8 Å². The molecule has 2 amide bonds. The number of amides is 2. The van der Waals surface area contributed by atoms with Crippen molar-refractivity contribution in [1.29, 1.82) is 0 Å². The Hall–Kier alpha value is -1.66. The standard InChI is InChI=1S/C14H17N3O2S/c1-9-2-3-11-12(8-9)20-14(16-11)17-13(18)15-10-4-6-19-7-5-10/h2-3,8,10H,4-7H2,1H3,(H2,15,16,17,18). The number of urea groups is 1. The molecular formula is C14H17N3O2S. The van der Waals surface area contributed by atoms with Gasteiger partial charge in [0.1, 0.15) is 0 Å². The summed E-state index contributed by atoms with van der Waals surface area (Å²) in [6, 6.07) is 6.08. The van der Waals surface area contributed by atoms with Gasteiger partial charge >= 0.3 is 6.03 Å². The lowest BCUT2D eigenvalue weighted by atomic mass is 10.1. The van der Waals surface area contributed by atoms with Crippen molar-refractivity contribution in [3.8, 4) is 0 Å². The van der Waals surface area contributed by atoms with E-state index in [2.05, 4.69) is 21.7 Å². The first-order valence-corrected chi connectivity index (χ1v) is 7.55. The number of carbonyl (C=O) groups excluding carboxylic acids is 1. The van der Waals surface area contributed by atoms with Crippen LogP contribution in [0.1, 0.15) is 18.4 Å². The number of aromatic nitrogens is 1. The fourth-order valence-corrected chi connectivity index (χ4v) is 3.20. The van der Waals surface area contributed by atoms with Gasteiger partial charge in [-0.2, -0.15) is 0 Å². The number of hydrogen-bond acceptors (Lipinski definition) is 4. The van der Waals surface area contributed by atoms with Crippen LogP contribution >= 0.6 is 11.3 Å². The SMILES string of the molecule is Cc1ccc2nc(NC(=O)NC3CCOCC3)sc2c1. The molecule has 0 radical (unpaired) electrons. The molecule has 106 valence electrons. The molecule has 20 heavy (non-hydrogen) atoms. The average Bonchev–Trinajstić information content (AvgIpc) is 2.80. The maximum Gasteiger partial charge on any atom is 0.321 e. The number of anilines is 1. The van der Waals surface area contributed by atoms with E-state index in [1.54, 1.807) is 0 Å².